The van der Waals surface area contributed by atoms with Crippen LogP contribution < -0.4 is 15.2 Å². The number of carbonyl (C=O) groups is 1. The van der Waals surface area contributed by atoms with E-state index in [0.29, 0.717) is 29.5 Å². The van der Waals surface area contributed by atoms with Crippen molar-refractivity contribution < 1.29 is 17.9 Å². The molecule has 0 spiro atoms. The first-order valence-corrected chi connectivity index (χ1v) is 10.3. The highest BCUT2D eigenvalue weighted by molar-refractivity contribution is 7.89. The lowest BCUT2D eigenvalue weighted by molar-refractivity contribution is 0.182. The highest BCUT2D eigenvalue weighted by Gasteiger charge is 2.27. The molecule has 0 radical (unpaired) electrons. The van der Waals surface area contributed by atoms with E-state index in [1.807, 2.05) is 13.8 Å². The maximum absolute atomic E-state index is 12.6. The van der Waals surface area contributed by atoms with Gasteiger partial charge in [-0.3, -0.25) is 0 Å². The fraction of sp³-hybridized carbons (Fsp3) is 0.562. The van der Waals surface area contributed by atoms with Crippen molar-refractivity contribution in [3.63, 3.8) is 0 Å². The average Bonchev–Trinajstić information content (AvgIpc) is 2.49. The van der Waals surface area contributed by atoms with Crippen molar-refractivity contribution in [2.24, 2.45) is 11.1 Å². The number of para-hydroxylation sites is 1. The van der Waals surface area contributed by atoms with Gasteiger partial charge in [-0.25, -0.2) is 18.4 Å². The van der Waals surface area contributed by atoms with E-state index < -0.39 is 10.0 Å². The molecular formula is C16H24ClN3O4S. The molecule has 0 aromatic heterocycles. The number of sulfonamides is 1. The molecule has 1 aromatic rings. The number of ether oxygens (including phenoxy) is 1. The second kappa shape index (κ2) is 8.25. The Morgan fingerprint density at radius 3 is 2.84 bits per heavy atom. The zero-order valence-electron chi connectivity index (χ0n) is 14.4. The third kappa shape index (κ3) is 6.05. The van der Waals surface area contributed by atoms with Gasteiger partial charge in [0.15, 0.2) is 5.75 Å². The van der Waals surface area contributed by atoms with E-state index in [0.717, 1.165) is 12.8 Å². The van der Waals surface area contributed by atoms with Crippen molar-refractivity contribution in [2.45, 2.75) is 32.8 Å². The number of rotatable bonds is 5. The zero-order chi connectivity index (χ0) is 18.6. The minimum atomic E-state index is -3.55. The van der Waals surface area contributed by atoms with Gasteiger partial charge >= 0.3 is 6.03 Å². The van der Waals surface area contributed by atoms with Gasteiger partial charge in [-0.1, -0.05) is 17.7 Å². The molecule has 2 amide bonds. The average molecular weight is 390 g/mol. The standard InChI is InChI=1S/C16H24ClN3O4S/c1-11(2)24-15-13(17)6-3-7-14(15)19-16(21)20-8-4-5-12(9-20)10-25(18,22)23/h3,6-7,11-12H,4-5,8-10H2,1-2H3,(H,19,21)(H2,18,22,23)/t12-/m1/s1. The van der Waals surface area contributed by atoms with Crippen LogP contribution in [0, 0.1) is 5.92 Å². The summed E-state index contributed by atoms with van der Waals surface area (Å²) in [5, 5.41) is 8.34. The second-order valence-electron chi connectivity index (χ2n) is 6.50. The van der Waals surface area contributed by atoms with Crippen molar-refractivity contribution >= 4 is 33.3 Å². The van der Waals surface area contributed by atoms with Crippen molar-refractivity contribution in [3.8, 4) is 5.75 Å². The van der Waals surface area contributed by atoms with Gasteiger partial charge in [0.05, 0.1) is 22.6 Å². The van der Waals surface area contributed by atoms with Crippen LogP contribution in [0.2, 0.25) is 5.02 Å². The highest BCUT2D eigenvalue weighted by Crippen LogP contribution is 2.34. The van der Waals surface area contributed by atoms with E-state index in [2.05, 4.69) is 5.32 Å². The number of nitrogens with one attached hydrogen (secondary N) is 1. The van der Waals surface area contributed by atoms with E-state index in [1.54, 1.807) is 23.1 Å². The second-order valence-corrected chi connectivity index (χ2v) is 8.56. The van der Waals surface area contributed by atoms with Crippen molar-refractivity contribution in [1.82, 2.24) is 4.90 Å². The predicted octanol–water partition coefficient (Wildman–Crippen LogP) is 2.66. The molecule has 1 saturated heterocycles. The molecular weight excluding hydrogens is 366 g/mol. The Morgan fingerprint density at radius 2 is 2.20 bits per heavy atom. The Balaban J connectivity index is 2.08. The Hall–Kier alpha value is -1.51. The fourth-order valence-corrected chi connectivity index (χ4v) is 4.02. The molecule has 1 aliphatic rings. The molecule has 0 unspecified atom stereocenters. The first-order valence-electron chi connectivity index (χ1n) is 8.17. The lowest BCUT2D eigenvalue weighted by atomic mass is 10.0. The van der Waals surface area contributed by atoms with E-state index in [-0.39, 0.29) is 23.8 Å². The number of amides is 2. The Bertz CT molecular complexity index is 724. The third-order valence-electron chi connectivity index (χ3n) is 3.84. The molecule has 1 aliphatic heterocycles. The fourth-order valence-electron chi connectivity index (χ4n) is 2.87. The highest BCUT2D eigenvalue weighted by atomic mass is 35.5. The van der Waals surface area contributed by atoms with Gasteiger partial charge in [-0.15, -0.1) is 0 Å². The number of nitrogens with two attached hydrogens (primary N) is 1. The monoisotopic (exact) mass is 389 g/mol. The van der Waals surface area contributed by atoms with Crippen LogP contribution >= 0.6 is 11.6 Å². The first kappa shape index (κ1) is 19.8. The number of hydrogen-bond donors (Lipinski definition) is 2. The molecule has 0 bridgehead atoms. The largest absolute Gasteiger partial charge is 0.487 e. The first-order chi connectivity index (χ1) is 11.7. The van der Waals surface area contributed by atoms with E-state index >= 15 is 0 Å². The lowest BCUT2D eigenvalue weighted by Gasteiger charge is -2.32. The van der Waals surface area contributed by atoms with Gasteiger partial charge in [-0.2, -0.15) is 0 Å². The number of primary sulfonamides is 1. The summed E-state index contributed by atoms with van der Waals surface area (Å²) in [6.45, 7) is 4.66. The molecule has 1 atom stereocenters. The van der Waals surface area contributed by atoms with Gasteiger partial charge in [-0.05, 0) is 44.7 Å². The SMILES string of the molecule is CC(C)Oc1c(Cl)cccc1NC(=O)N1CCC[C@@H](CS(N)(=O)=O)C1. The molecule has 0 aliphatic carbocycles. The van der Waals surface area contributed by atoms with E-state index in [1.165, 1.54) is 0 Å². The zero-order valence-corrected chi connectivity index (χ0v) is 15.9. The number of hydrogen-bond acceptors (Lipinski definition) is 4. The molecule has 1 fully saturated rings. The minimum Gasteiger partial charge on any atom is -0.487 e. The minimum absolute atomic E-state index is 0.0929. The number of likely N-dealkylation sites (tertiary alicyclic amines) is 1. The Labute approximate surface area is 153 Å². The molecule has 7 nitrogen and oxygen atoms in total. The van der Waals surface area contributed by atoms with E-state index in [4.69, 9.17) is 21.5 Å². The third-order valence-corrected chi connectivity index (χ3v) is 5.07. The summed E-state index contributed by atoms with van der Waals surface area (Å²) in [5.74, 6) is 0.154. The van der Waals surface area contributed by atoms with Crippen LogP contribution in [-0.4, -0.2) is 44.3 Å². The van der Waals surface area contributed by atoms with Crippen LogP contribution in [0.15, 0.2) is 18.2 Å². The number of halogens is 1. The molecule has 2 rings (SSSR count). The Kier molecular flexibility index (Phi) is 6.53. The van der Waals surface area contributed by atoms with Crippen LogP contribution in [0.5, 0.6) is 5.75 Å². The predicted molar refractivity (Wildman–Crippen MR) is 98.5 cm³/mol. The number of benzene rings is 1. The van der Waals surface area contributed by atoms with Gasteiger partial charge in [0.2, 0.25) is 10.0 Å². The normalized spacial score (nSPS) is 18.3. The van der Waals surface area contributed by atoms with Gasteiger partial charge < -0.3 is 15.0 Å². The van der Waals surface area contributed by atoms with Crippen molar-refractivity contribution in [2.75, 3.05) is 24.2 Å². The summed E-state index contributed by atoms with van der Waals surface area (Å²) in [5.41, 5.74) is 0.486. The smallest absolute Gasteiger partial charge is 0.321 e. The van der Waals surface area contributed by atoms with E-state index in [9.17, 15) is 13.2 Å². The van der Waals surface area contributed by atoms with Crippen LogP contribution in [0.25, 0.3) is 0 Å². The lowest BCUT2D eigenvalue weighted by Crippen LogP contribution is -2.44. The molecule has 9 heteroatoms. The summed E-state index contributed by atoms with van der Waals surface area (Å²) in [6.07, 6.45) is 1.38. The number of urea groups is 1. The molecule has 1 aromatic carbocycles. The summed E-state index contributed by atoms with van der Waals surface area (Å²) >= 11 is 6.17. The maximum Gasteiger partial charge on any atom is 0.321 e. The number of carbonyl (C=O) groups excluding carboxylic acids is 1. The molecule has 1 heterocycles. The summed E-state index contributed by atoms with van der Waals surface area (Å²) in [7, 11) is -3.55. The topological polar surface area (TPSA) is 102 Å². The summed E-state index contributed by atoms with van der Waals surface area (Å²) < 4.78 is 28.2. The summed E-state index contributed by atoms with van der Waals surface area (Å²) in [4.78, 5) is 14.2. The number of nitrogens with zero attached hydrogens (tertiary/aromatic N) is 1. The Morgan fingerprint density at radius 1 is 1.48 bits per heavy atom. The van der Waals surface area contributed by atoms with Gasteiger partial charge in [0, 0.05) is 13.1 Å². The van der Waals surface area contributed by atoms with Crippen molar-refractivity contribution in [1.29, 1.82) is 0 Å². The van der Waals surface area contributed by atoms with Gasteiger partial charge in [0.25, 0.3) is 0 Å². The molecule has 140 valence electrons. The number of anilines is 1. The van der Waals surface area contributed by atoms with Crippen LogP contribution in [0.4, 0.5) is 10.5 Å². The maximum atomic E-state index is 12.6. The molecule has 3 N–H and O–H groups in total. The molecule has 25 heavy (non-hydrogen) atoms. The van der Waals surface area contributed by atoms with Crippen molar-refractivity contribution in [3.05, 3.63) is 23.2 Å². The molecule has 0 saturated carbocycles. The van der Waals surface area contributed by atoms with Crippen LogP contribution in [0.3, 0.4) is 0 Å². The number of piperidine rings is 1. The van der Waals surface area contributed by atoms with Crippen LogP contribution in [0.1, 0.15) is 26.7 Å². The summed E-state index contributed by atoms with van der Waals surface area (Å²) in [6, 6.07) is 4.83. The van der Waals surface area contributed by atoms with Crippen LogP contribution in [-0.2, 0) is 10.0 Å². The van der Waals surface area contributed by atoms with Gasteiger partial charge in [0.1, 0.15) is 0 Å². The quantitative estimate of drug-likeness (QED) is 0.808.